The lowest BCUT2D eigenvalue weighted by atomic mass is 9.87. The molecule has 0 radical (unpaired) electrons. The first kappa shape index (κ1) is 12.1. The van der Waals surface area contributed by atoms with Gasteiger partial charge in [-0.25, -0.2) is 4.98 Å². The molecule has 2 atom stereocenters. The lowest BCUT2D eigenvalue weighted by molar-refractivity contribution is 0.300. The third-order valence-electron chi connectivity index (χ3n) is 3.28. The van der Waals surface area contributed by atoms with Gasteiger partial charge in [-0.1, -0.05) is 25.8 Å². The predicted molar refractivity (Wildman–Crippen MR) is 70.2 cm³/mol. The maximum atomic E-state index is 4.43. The topological polar surface area (TPSA) is 24.9 Å². The molecule has 88 valence electrons. The molecule has 1 heterocycles. The molecule has 0 aromatic carbocycles. The number of hydrogen-bond donors (Lipinski definition) is 1. The highest BCUT2D eigenvalue weighted by molar-refractivity contribution is 9.10. The van der Waals surface area contributed by atoms with Gasteiger partial charge in [0.15, 0.2) is 0 Å². The largest absolute Gasteiger partial charge is 0.308 e. The summed E-state index contributed by atoms with van der Waals surface area (Å²) in [5.41, 5.74) is 1.12. The highest BCUT2D eigenvalue weighted by Crippen LogP contribution is 2.23. The molecule has 0 bridgehead atoms. The molecule has 3 heteroatoms. The number of pyridine rings is 1. The zero-order valence-electron chi connectivity index (χ0n) is 9.75. The Morgan fingerprint density at radius 2 is 2.31 bits per heavy atom. The van der Waals surface area contributed by atoms with Gasteiger partial charge in [-0.3, -0.25) is 0 Å². The van der Waals surface area contributed by atoms with E-state index in [9.17, 15) is 0 Å². The van der Waals surface area contributed by atoms with Gasteiger partial charge >= 0.3 is 0 Å². The maximum Gasteiger partial charge on any atom is 0.106 e. The third kappa shape index (κ3) is 3.56. The maximum absolute atomic E-state index is 4.43. The quantitative estimate of drug-likeness (QED) is 0.859. The van der Waals surface area contributed by atoms with Crippen LogP contribution in [0.25, 0.3) is 0 Å². The van der Waals surface area contributed by atoms with Crippen molar-refractivity contribution >= 4 is 15.9 Å². The van der Waals surface area contributed by atoms with Crippen molar-refractivity contribution in [2.45, 2.75) is 45.2 Å². The average molecular weight is 283 g/mol. The lowest BCUT2D eigenvalue weighted by Gasteiger charge is -2.27. The van der Waals surface area contributed by atoms with Crippen molar-refractivity contribution in [2.24, 2.45) is 5.92 Å². The van der Waals surface area contributed by atoms with Crippen molar-refractivity contribution in [2.75, 3.05) is 0 Å². The van der Waals surface area contributed by atoms with Crippen molar-refractivity contribution in [3.05, 3.63) is 28.5 Å². The van der Waals surface area contributed by atoms with Gasteiger partial charge in [-0.15, -0.1) is 0 Å². The summed E-state index contributed by atoms with van der Waals surface area (Å²) in [4.78, 5) is 4.43. The number of hydrogen-bond acceptors (Lipinski definition) is 2. The van der Waals surface area contributed by atoms with Crippen molar-refractivity contribution in [3.63, 3.8) is 0 Å². The predicted octanol–water partition coefficient (Wildman–Crippen LogP) is 3.51. The van der Waals surface area contributed by atoms with E-state index < -0.39 is 0 Å². The smallest absolute Gasteiger partial charge is 0.106 e. The first-order valence-corrected chi connectivity index (χ1v) is 6.88. The van der Waals surface area contributed by atoms with Crippen LogP contribution >= 0.6 is 15.9 Å². The van der Waals surface area contributed by atoms with E-state index in [0.717, 1.165) is 22.8 Å². The van der Waals surface area contributed by atoms with E-state index in [1.54, 1.807) is 0 Å². The van der Waals surface area contributed by atoms with E-state index in [1.807, 2.05) is 12.1 Å². The number of rotatable bonds is 3. The van der Waals surface area contributed by atoms with Gasteiger partial charge < -0.3 is 5.32 Å². The fraction of sp³-hybridized carbons (Fsp3) is 0.615. The standard InChI is InChI=1S/C13H19BrN2/c1-10-4-2-5-11(8-10)15-9-12-6-3-7-13(14)16-12/h3,6-7,10-11,15H,2,4-5,8-9H2,1H3. The summed E-state index contributed by atoms with van der Waals surface area (Å²) >= 11 is 3.40. The van der Waals surface area contributed by atoms with E-state index in [1.165, 1.54) is 25.7 Å². The first-order valence-electron chi connectivity index (χ1n) is 6.09. The molecule has 1 aliphatic rings. The number of nitrogens with one attached hydrogen (secondary N) is 1. The van der Waals surface area contributed by atoms with Crippen LogP contribution in [0.15, 0.2) is 22.8 Å². The molecule has 2 unspecified atom stereocenters. The Hall–Kier alpha value is -0.410. The van der Waals surface area contributed by atoms with Gasteiger partial charge in [0.1, 0.15) is 4.60 Å². The molecular weight excluding hydrogens is 264 g/mol. The molecule has 0 saturated heterocycles. The average Bonchev–Trinajstić information content (AvgIpc) is 2.27. The summed E-state index contributed by atoms with van der Waals surface area (Å²) in [6, 6.07) is 6.76. The lowest BCUT2D eigenvalue weighted by Crippen LogP contribution is -2.33. The molecule has 1 fully saturated rings. The molecular formula is C13H19BrN2. The van der Waals surface area contributed by atoms with Crippen LogP contribution in [-0.4, -0.2) is 11.0 Å². The summed E-state index contributed by atoms with van der Waals surface area (Å²) in [5, 5.41) is 3.61. The second kappa shape index (κ2) is 5.78. The molecule has 1 N–H and O–H groups in total. The van der Waals surface area contributed by atoms with Crippen molar-refractivity contribution in [3.8, 4) is 0 Å². The number of halogens is 1. The molecule has 16 heavy (non-hydrogen) atoms. The molecule has 1 aromatic rings. The van der Waals surface area contributed by atoms with Gasteiger partial charge in [0.25, 0.3) is 0 Å². The molecule has 0 aliphatic heterocycles. The monoisotopic (exact) mass is 282 g/mol. The van der Waals surface area contributed by atoms with Crippen LogP contribution in [-0.2, 0) is 6.54 Å². The van der Waals surface area contributed by atoms with Gasteiger partial charge in [0.05, 0.1) is 5.69 Å². The van der Waals surface area contributed by atoms with Crippen LogP contribution in [0.1, 0.15) is 38.3 Å². The Morgan fingerprint density at radius 3 is 3.06 bits per heavy atom. The summed E-state index contributed by atoms with van der Waals surface area (Å²) in [6.45, 7) is 3.24. The Balaban J connectivity index is 1.82. The summed E-state index contributed by atoms with van der Waals surface area (Å²) in [5.74, 6) is 0.877. The first-order chi connectivity index (χ1) is 7.74. The van der Waals surface area contributed by atoms with Crippen LogP contribution in [0.3, 0.4) is 0 Å². The zero-order chi connectivity index (χ0) is 11.4. The fourth-order valence-electron chi connectivity index (χ4n) is 2.42. The van der Waals surface area contributed by atoms with Gasteiger partial charge in [-0.05, 0) is 46.8 Å². The number of nitrogens with zero attached hydrogens (tertiary/aromatic N) is 1. The van der Waals surface area contributed by atoms with Crippen LogP contribution in [0, 0.1) is 5.92 Å². The van der Waals surface area contributed by atoms with Crippen molar-refractivity contribution < 1.29 is 0 Å². The summed E-state index contributed by atoms with van der Waals surface area (Å²) in [6.07, 6.45) is 5.39. The fourth-order valence-corrected chi connectivity index (χ4v) is 2.80. The normalized spacial score (nSPS) is 25.6. The van der Waals surface area contributed by atoms with Gasteiger partial charge in [0, 0.05) is 12.6 Å². The van der Waals surface area contributed by atoms with Crippen LogP contribution in [0.5, 0.6) is 0 Å². The van der Waals surface area contributed by atoms with E-state index in [0.29, 0.717) is 6.04 Å². The SMILES string of the molecule is CC1CCCC(NCc2cccc(Br)n2)C1. The Labute approximate surface area is 106 Å². The highest BCUT2D eigenvalue weighted by atomic mass is 79.9. The molecule has 0 spiro atoms. The van der Waals surface area contributed by atoms with Crippen molar-refractivity contribution in [1.82, 2.24) is 10.3 Å². The minimum atomic E-state index is 0.685. The minimum Gasteiger partial charge on any atom is -0.308 e. The third-order valence-corrected chi connectivity index (χ3v) is 3.72. The summed E-state index contributed by atoms with van der Waals surface area (Å²) < 4.78 is 0.920. The Bertz CT molecular complexity index is 340. The van der Waals surface area contributed by atoms with Crippen LogP contribution in [0.2, 0.25) is 0 Å². The molecule has 2 nitrogen and oxygen atoms in total. The highest BCUT2D eigenvalue weighted by Gasteiger charge is 2.18. The summed E-state index contributed by atoms with van der Waals surface area (Å²) in [7, 11) is 0. The number of aromatic nitrogens is 1. The molecule has 0 amide bonds. The molecule has 1 saturated carbocycles. The van der Waals surface area contributed by atoms with Gasteiger partial charge in [0.2, 0.25) is 0 Å². The van der Waals surface area contributed by atoms with Gasteiger partial charge in [-0.2, -0.15) is 0 Å². The van der Waals surface area contributed by atoms with Crippen molar-refractivity contribution in [1.29, 1.82) is 0 Å². The van der Waals surface area contributed by atoms with E-state index in [4.69, 9.17) is 0 Å². The second-order valence-corrected chi connectivity index (χ2v) is 5.61. The van der Waals surface area contributed by atoms with E-state index >= 15 is 0 Å². The Kier molecular flexibility index (Phi) is 4.36. The van der Waals surface area contributed by atoms with E-state index in [2.05, 4.69) is 39.2 Å². The molecule has 2 rings (SSSR count). The van der Waals surface area contributed by atoms with Crippen LogP contribution in [0.4, 0.5) is 0 Å². The minimum absolute atomic E-state index is 0.685. The Morgan fingerprint density at radius 1 is 1.44 bits per heavy atom. The molecule has 1 aliphatic carbocycles. The molecule has 1 aromatic heterocycles. The zero-order valence-corrected chi connectivity index (χ0v) is 11.3. The second-order valence-electron chi connectivity index (χ2n) is 4.80. The van der Waals surface area contributed by atoms with E-state index in [-0.39, 0.29) is 0 Å². The van der Waals surface area contributed by atoms with Crippen LogP contribution < -0.4 is 5.32 Å².